The summed E-state index contributed by atoms with van der Waals surface area (Å²) in [6, 6.07) is 3.91. The van der Waals surface area contributed by atoms with E-state index in [-0.39, 0.29) is 24.1 Å². The number of carbonyl (C=O) groups is 2. The molecule has 0 aromatic heterocycles. The third-order valence-corrected chi connectivity index (χ3v) is 3.70. The Morgan fingerprint density at radius 3 is 2.52 bits per heavy atom. The molecule has 1 saturated heterocycles. The molecule has 126 valence electrons. The van der Waals surface area contributed by atoms with Crippen molar-refractivity contribution in [3.05, 3.63) is 35.4 Å². The summed E-state index contributed by atoms with van der Waals surface area (Å²) < 4.78 is 37.4. The van der Waals surface area contributed by atoms with Gasteiger partial charge in [0.1, 0.15) is 0 Å². The average molecular weight is 329 g/mol. The van der Waals surface area contributed by atoms with E-state index < -0.39 is 17.6 Å². The van der Waals surface area contributed by atoms with Crippen LogP contribution in [0, 0.1) is 0 Å². The SMILES string of the molecule is C[C@H]1CNCCN1C(=O)CNC(=O)c1ccc(C(F)(F)F)cc1. The van der Waals surface area contributed by atoms with Crippen LogP contribution in [0.5, 0.6) is 0 Å². The van der Waals surface area contributed by atoms with E-state index in [0.717, 1.165) is 24.3 Å². The number of hydrogen-bond donors (Lipinski definition) is 2. The summed E-state index contributed by atoms with van der Waals surface area (Å²) >= 11 is 0. The second-order valence-electron chi connectivity index (χ2n) is 5.40. The molecule has 1 atom stereocenters. The predicted molar refractivity (Wildman–Crippen MR) is 77.8 cm³/mol. The summed E-state index contributed by atoms with van der Waals surface area (Å²) in [5.74, 6) is -0.783. The first-order valence-electron chi connectivity index (χ1n) is 7.24. The highest BCUT2D eigenvalue weighted by Crippen LogP contribution is 2.29. The Kier molecular flexibility index (Phi) is 5.25. The number of benzene rings is 1. The Morgan fingerprint density at radius 1 is 1.30 bits per heavy atom. The van der Waals surface area contributed by atoms with E-state index in [4.69, 9.17) is 0 Å². The number of halogens is 3. The molecule has 2 amide bonds. The maximum absolute atomic E-state index is 12.5. The molecule has 1 heterocycles. The molecule has 2 N–H and O–H groups in total. The molecule has 1 fully saturated rings. The molecule has 1 aliphatic rings. The molecule has 0 radical (unpaired) electrons. The molecule has 8 heteroatoms. The molecule has 0 saturated carbocycles. The maximum Gasteiger partial charge on any atom is 0.416 e. The quantitative estimate of drug-likeness (QED) is 0.878. The van der Waals surface area contributed by atoms with Crippen molar-refractivity contribution in [3.8, 4) is 0 Å². The van der Waals surface area contributed by atoms with Gasteiger partial charge in [0.15, 0.2) is 0 Å². The molecule has 0 aliphatic carbocycles. The van der Waals surface area contributed by atoms with Crippen molar-refractivity contribution in [3.63, 3.8) is 0 Å². The number of alkyl halides is 3. The number of carbonyl (C=O) groups excluding carboxylic acids is 2. The van der Waals surface area contributed by atoms with Gasteiger partial charge < -0.3 is 15.5 Å². The van der Waals surface area contributed by atoms with Gasteiger partial charge in [0.05, 0.1) is 12.1 Å². The van der Waals surface area contributed by atoms with Crippen molar-refractivity contribution in [1.82, 2.24) is 15.5 Å². The van der Waals surface area contributed by atoms with Gasteiger partial charge in [-0.3, -0.25) is 9.59 Å². The summed E-state index contributed by atoms with van der Waals surface area (Å²) in [7, 11) is 0. The second-order valence-corrected chi connectivity index (χ2v) is 5.40. The van der Waals surface area contributed by atoms with E-state index in [1.54, 1.807) is 4.90 Å². The fourth-order valence-corrected chi connectivity index (χ4v) is 2.38. The van der Waals surface area contributed by atoms with E-state index in [9.17, 15) is 22.8 Å². The van der Waals surface area contributed by atoms with Crippen LogP contribution in [0.25, 0.3) is 0 Å². The van der Waals surface area contributed by atoms with Crippen LogP contribution in [-0.4, -0.2) is 48.9 Å². The Balaban J connectivity index is 1.90. The van der Waals surface area contributed by atoms with Crippen molar-refractivity contribution in [2.75, 3.05) is 26.2 Å². The van der Waals surface area contributed by atoms with E-state index in [1.165, 1.54) is 0 Å². The largest absolute Gasteiger partial charge is 0.416 e. The summed E-state index contributed by atoms with van der Waals surface area (Å²) in [5, 5.41) is 5.60. The van der Waals surface area contributed by atoms with E-state index >= 15 is 0 Å². The lowest BCUT2D eigenvalue weighted by Crippen LogP contribution is -2.54. The van der Waals surface area contributed by atoms with E-state index in [2.05, 4.69) is 10.6 Å². The number of piperazine rings is 1. The van der Waals surface area contributed by atoms with Crippen LogP contribution in [0.15, 0.2) is 24.3 Å². The number of amides is 2. The number of hydrogen-bond acceptors (Lipinski definition) is 3. The van der Waals surface area contributed by atoms with E-state index in [0.29, 0.717) is 19.6 Å². The van der Waals surface area contributed by atoms with Crippen molar-refractivity contribution in [2.45, 2.75) is 19.1 Å². The highest BCUT2D eigenvalue weighted by atomic mass is 19.4. The first kappa shape index (κ1) is 17.3. The predicted octanol–water partition coefficient (Wildman–Crippen LogP) is 1.26. The van der Waals surface area contributed by atoms with Crippen LogP contribution in [-0.2, 0) is 11.0 Å². The number of nitrogens with one attached hydrogen (secondary N) is 2. The lowest BCUT2D eigenvalue weighted by Gasteiger charge is -2.34. The first-order valence-corrected chi connectivity index (χ1v) is 7.24. The molecular weight excluding hydrogens is 311 g/mol. The summed E-state index contributed by atoms with van der Waals surface area (Å²) in [4.78, 5) is 25.6. The van der Waals surface area contributed by atoms with Gasteiger partial charge in [-0.25, -0.2) is 0 Å². The molecule has 1 aromatic carbocycles. The second kappa shape index (κ2) is 6.99. The maximum atomic E-state index is 12.5. The zero-order valence-electron chi connectivity index (χ0n) is 12.6. The van der Waals surface area contributed by atoms with Gasteiger partial charge in [0.25, 0.3) is 5.91 Å². The summed E-state index contributed by atoms with van der Waals surface area (Å²) in [6.07, 6.45) is -4.44. The minimum atomic E-state index is -4.44. The molecule has 1 aliphatic heterocycles. The molecule has 1 aromatic rings. The van der Waals surface area contributed by atoms with Crippen molar-refractivity contribution >= 4 is 11.8 Å². The van der Waals surface area contributed by atoms with E-state index in [1.807, 2.05) is 6.92 Å². The summed E-state index contributed by atoms with van der Waals surface area (Å²) in [6.45, 7) is 3.68. The Labute approximate surface area is 131 Å². The van der Waals surface area contributed by atoms with Crippen molar-refractivity contribution < 1.29 is 22.8 Å². The lowest BCUT2D eigenvalue weighted by molar-refractivity contribution is -0.137. The minimum Gasteiger partial charge on any atom is -0.343 e. The fourth-order valence-electron chi connectivity index (χ4n) is 2.38. The first-order chi connectivity index (χ1) is 10.8. The standard InChI is InChI=1S/C15H18F3N3O2/c1-10-8-19-6-7-21(10)13(22)9-20-14(23)11-2-4-12(5-3-11)15(16,17)18/h2-5,10,19H,6-9H2,1H3,(H,20,23)/t10-/m0/s1. The van der Waals surface area contributed by atoms with Gasteiger partial charge in [-0.05, 0) is 31.2 Å². The lowest BCUT2D eigenvalue weighted by atomic mass is 10.1. The molecule has 5 nitrogen and oxygen atoms in total. The molecule has 0 unspecified atom stereocenters. The Bertz CT molecular complexity index is 572. The minimum absolute atomic E-state index is 0.0409. The number of nitrogens with zero attached hydrogens (tertiary/aromatic N) is 1. The molecule has 23 heavy (non-hydrogen) atoms. The highest BCUT2D eigenvalue weighted by Gasteiger charge is 2.30. The van der Waals surface area contributed by atoms with Crippen LogP contribution in [0.2, 0.25) is 0 Å². The van der Waals surface area contributed by atoms with Crippen molar-refractivity contribution in [1.29, 1.82) is 0 Å². The van der Waals surface area contributed by atoms with Crippen LogP contribution >= 0.6 is 0 Å². The zero-order chi connectivity index (χ0) is 17.0. The molecule has 0 spiro atoms. The number of rotatable bonds is 3. The Morgan fingerprint density at radius 2 is 1.96 bits per heavy atom. The van der Waals surface area contributed by atoms with Gasteiger partial charge in [-0.1, -0.05) is 0 Å². The Hall–Kier alpha value is -2.09. The zero-order valence-corrected chi connectivity index (χ0v) is 12.6. The van der Waals surface area contributed by atoms with Gasteiger partial charge in [-0.15, -0.1) is 0 Å². The van der Waals surface area contributed by atoms with Gasteiger partial charge >= 0.3 is 6.18 Å². The van der Waals surface area contributed by atoms with Gasteiger partial charge in [0.2, 0.25) is 5.91 Å². The topological polar surface area (TPSA) is 61.4 Å². The van der Waals surface area contributed by atoms with Crippen LogP contribution < -0.4 is 10.6 Å². The van der Waals surface area contributed by atoms with Crippen molar-refractivity contribution in [2.24, 2.45) is 0 Å². The molecular formula is C15H18F3N3O2. The van der Waals surface area contributed by atoms with Crippen LogP contribution in [0.4, 0.5) is 13.2 Å². The average Bonchev–Trinajstić information content (AvgIpc) is 2.52. The summed E-state index contributed by atoms with van der Waals surface area (Å²) in [5.41, 5.74) is -0.737. The smallest absolute Gasteiger partial charge is 0.343 e. The fraction of sp³-hybridized carbons (Fsp3) is 0.467. The highest BCUT2D eigenvalue weighted by molar-refractivity contribution is 5.96. The van der Waals surface area contributed by atoms with Gasteiger partial charge in [-0.2, -0.15) is 13.2 Å². The van der Waals surface area contributed by atoms with Crippen LogP contribution in [0.3, 0.4) is 0 Å². The normalized spacial score (nSPS) is 18.6. The van der Waals surface area contributed by atoms with Crippen LogP contribution in [0.1, 0.15) is 22.8 Å². The molecule has 2 rings (SSSR count). The third kappa shape index (κ3) is 4.44. The monoisotopic (exact) mass is 329 g/mol. The third-order valence-electron chi connectivity index (χ3n) is 3.70. The molecule has 0 bridgehead atoms. The van der Waals surface area contributed by atoms with Gasteiger partial charge in [0, 0.05) is 31.2 Å².